The summed E-state index contributed by atoms with van der Waals surface area (Å²) in [6, 6.07) is 15.8. The lowest BCUT2D eigenvalue weighted by molar-refractivity contribution is 0.0570. The Morgan fingerprint density at radius 2 is 1.54 bits per heavy atom. The molecule has 146 valence electrons. The predicted octanol–water partition coefficient (Wildman–Crippen LogP) is 2.85. The number of rotatable bonds is 4. The Balaban J connectivity index is 1.63. The van der Waals surface area contributed by atoms with Crippen molar-refractivity contribution >= 4 is 23.6 Å². The lowest BCUT2D eigenvalue weighted by atomic mass is 10.1. The van der Waals surface area contributed by atoms with E-state index in [4.69, 9.17) is 4.74 Å². The van der Waals surface area contributed by atoms with Crippen molar-refractivity contribution in [2.45, 2.75) is 6.92 Å². The van der Waals surface area contributed by atoms with Gasteiger partial charge < -0.3 is 19.9 Å². The van der Waals surface area contributed by atoms with Crippen LogP contribution in [0.1, 0.15) is 27.6 Å². The third kappa shape index (κ3) is 4.68. The second-order valence-corrected chi connectivity index (χ2v) is 6.38. The number of amides is 3. The number of hydrogen-bond donors (Lipinski definition) is 1. The highest BCUT2D eigenvalue weighted by atomic mass is 16.6. The molecule has 0 bridgehead atoms. The van der Waals surface area contributed by atoms with Gasteiger partial charge in [-0.15, -0.1) is 0 Å². The number of hydrogen-bond acceptors (Lipinski definition) is 4. The van der Waals surface area contributed by atoms with Gasteiger partial charge in [-0.05, 0) is 37.3 Å². The van der Waals surface area contributed by atoms with E-state index in [1.807, 2.05) is 18.2 Å². The fraction of sp³-hybridized carbons (Fsp3) is 0.286. The van der Waals surface area contributed by atoms with E-state index >= 15 is 0 Å². The minimum absolute atomic E-state index is 0.155. The summed E-state index contributed by atoms with van der Waals surface area (Å²) in [4.78, 5) is 40.3. The van der Waals surface area contributed by atoms with E-state index in [2.05, 4.69) is 5.32 Å². The molecule has 0 radical (unpaired) electrons. The van der Waals surface area contributed by atoms with Crippen LogP contribution in [-0.2, 0) is 4.74 Å². The molecule has 2 aromatic carbocycles. The van der Waals surface area contributed by atoms with Crippen molar-refractivity contribution in [3.63, 3.8) is 0 Å². The number of benzene rings is 2. The number of carbonyl (C=O) groups excluding carboxylic acids is 3. The van der Waals surface area contributed by atoms with Gasteiger partial charge in [0.25, 0.3) is 11.8 Å². The lowest BCUT2D eigenvalue weighted by Gasteiger charge is -2.34. The first-order valence-corrected chi connectivity index (χ1v) is 9.26. The molecule has 3 amide bonds. The molecule has 7 heteroatoms. The summed E-state index contributed by atoms with van der Waals surface area (Å²) in [5.41, 5.74) is 1.56. The summed E-state index contributed by atoms with van der Waals surface area (Å²) in [5, 5.41) is 2.81. The van der Waals surface area contributed by atoms with Crippen LogP contribution in [0.2, 0.25) is 0 Å². The Morgan fingerprint density at radius 3 is 2.21 bits per heavy atom. The van der Waals surface area contributed by atoms with Crippen molar-refractivity contribution in [3.8, 4) is 0 Å². The van der Waals surface area contributed by atoms with E-state index < -0.39 is 0 Å². The number of piperazine rings is 1. The van der Waals surface area contributed by atoms with Crippen LogP contribution in [-0.4, -0.2) is 60.5 Å². The molecular weight excluding hydrogens is 358 g/mol. The molecule has 1 heterocycles. The molecule has 3 rings (SSSR count). The third-order valence-corrected chi connectivity index (χ3v) is 4.50. The van der Waals surface area contributed by atoms with Gasteiger partial charge in [0.15, 0.2) is 0 Å². The maximum absolute atomic E-state index is 12.8. The molecule has 0 aromatic heterocycles. The number of para-hydroxylation sites is 1. The van der Waals surface area contributed by atoms with E-state index in [9.17, 15) is 14.4 Å². The van der Waals surface area contributed by atoms with Crippen LogP contribution >= 0.6 is 0 Å². The quantitative estimate of drug-likeness (QED) is 0.883. The van der Waals surface area contributed by atoms with Crippen LogP contribution < -0.4 is 5.32 Å². The number of anilines is 1. The van der Waals surface area contributed by atoms with Crippen molar-refractivity contribution in [1.82, 2.24) is 9.80 Å². The smallest absolute Gasteiger partial charge is 0.409 e. The number of carbonyl (C=O) groups is 3. The van der Waals surface area contributed by atoms with Crippen molar-refractivity contribution in [2.75, 3.05) is 38.1 Å². The molecule has 0 saturated carbocycles. The van der Waals surface area contributed by atoms with Gasteiger partial charge in [-0.3, -0.25) is 9.59 Å². The van der Waals surface area contributed by atoms with Crippen molar-refractivity contribution < 1.29 is 19.1 Å². The maximum atomic E-state index is 12.8. The predicted molar refractivity (Wildman–Crippen MR) is 105 cm³/mol. The molecule has 1 N–H and O–H groups in total. The molecule has 1 aliphatic heterocycles. The first-order chi connectivity index (χ1) is 13.6. The molecule has 1 fully saturated rings. The summed E-state index contributed by atoms with van der Waals surface area (Å²) >= 11 is 0. The lowest BCUT2D eigenvalue weighted by Crippen LogP contribution is -2.50. The van der Waals surface area contributed by atoms with Gasteiger partial charge >= 0.3 is 6.09 Å². The van der Waals surface area contributed by atoms with Gasteiger partial charge in [0.1, 0.15) is 0 Å². The van der Waals surface area contributed by atoms with E-state index in [-0.39, 0.29) is 17.9 Å². The molecule has 28 heavy (non-hydrogen) atoms. The minimum atomic E-state index is -0.353. The summed E-state index contributed by atoms with van der Waals surface area (Å²) in [6.07, 6.45) is -0.353. The number of ether oxygens (including phenoxy) is 1. The number of nitrogens with one attached hydrogen (secondary N) is 1. The zero-order valence-electron chi connectivity index (χ0n) is 15.8. The van der Waals surface area contributed by atoms with Crippen molar-refractivity contribution in [3.05, 3.63) is 65.7 Å². The molecule has 7 nitrogen and oxygen atoms in total. The average Bonchev–Trinajstić information content (AvgIpc) is 2.74. The maximum Gasteiger partial charge on any atom is 0.409 e. The Bertz CT molecular complexity index is 846. The van der Waals surface area contributed by atoms with Crippen LogP contribution in [0.4, 0.5) is 10.5 Å². The van der Waals surface area contributed by atoms with E-state index in [0.29, 0.717) is 49.6 Å². The largest absolute Gasteiger partial charge is 0.450 e. The topological polar surface area (TPSA) is 79.0 Å². The van der Waals surface area contributed by atoms with Crippen LogP contribution in [0.5, 0.6) is 0 Å². The van der Waals surface area contributed by atoms with E-state index in [0.717, 1.165) is 0 Å². The molecule has 2 aromatic rings. The highest BCUT2D eigenvalue weighted by Crippen LogP contribution is 2.14. The molecule has 0 unspecified atom stereocenters. The highest BCUT2D eigenvalue weighted by Gasteiger charge is 2.25. The molecule has 0 atom stereocenters. The summed E-state index contributed by atoms with van der Waals surface area (Å²) in [6.45, 7) is 3.81. The van der Waals surface area contributed by atoms with Gasteiger partial charge in [-0.2, -0.15) is 0 Å². The SMILES string of the molecule is CCOC(=O)N1CCN(C(=O)c2cccc(C(=O)Nc3ccccc3)c2)CC1. The molecule has 0 aliphatic carbocycles. The average molecular weight is 381 g/mol. The second-order valence-electron chi connectivity index (χ2n) is 6.38. The van der Waals surface area contributed by atoms with Crippen molar-refractivity contribution in [1.29, 1.82) is 0 Å². The fourth-order valence-electron chi connectivity index (χ4n) is 3.01. The normalized spacial score (nSPS) is 13.8. The van der Waals surface area contributed by atoms with Crippen LogP contribution in [0.25, 0.3) is 0 Å². The van der Waals surface area contributed by atoms with E-state index in [1.165, 1.54) is 0 Å². The fourth-order valence-corrected chi connectivity index (χ4v) is 3.01. The van der Waals surface area contributed by atoms with Gasteiger partial charge in [0.05, 0.1) is 6.61 Å². The highest BCUT2D eigenvalue weighted by molar-refractivity contribution is 6.06. The van der Waals surface area contributed by atoms with Crippen LogP contribution in [0, 0.1) is 0 Å². The van der Waals surface area contributed by atoms with Crippen LogP contribution in [0.3, 0.4) is 0 Å². The van der Waals surface area contributed by atoms with Gasteiger partial charge in [-0.25, -0.2) is 4.79 Å². The van der Waals surface area contributed by atoms with Crippen LogP contribution in [0.15, 0.2) is 54.6 Å². The molecule has 1 saturated heterocycles. The van der Waals surface area contributed by atoms with Gasteiger partial charge in [-0.1, -0.05) is 24.3 Å². The zero-order valence-corrected chi connectivity index (χ0v) is 15.8. The number of nitrogens with zero attached hydrogens (tertiary/aromatic N) is 2. The standard InChI is InChI=1S/C21H23N3O4/c1-2-28-21(27)24-13-11-23(12-14-24)20(26)17-8-6-7-16(15-17)19(25)22-18-9-4-3-5-10-18/h3-10,15H,2,11-14H2,1H3,(H,22,25). The van der Waals surface area contributed by atoms with Crippen molar-refractivity contribution in [2.24, 2.45) is 0 Å². The summed E-state index contributed by atoms with van der Waals surface area (Å²) in [7, 11) is 0. The summed E-state index contributed by atoms with van der Waals surface area (Å²) < 4.78 is 4.99. The summed E-state index contributed by atoms with van der Waals surface area (Å²) in [5.74, 6) is -0.425. The zero-order chi connectivity index (χ0) is 19.9. The molecule has 1 aliphatic rings. The Labute approximate surface area is 163 Å². The van der Waals surface area contributed by atoms with Gasteiger partial charge in [0.2, 0.25) is 0 Å². The molecular formula is C21H23N3O4. The monoisotopic (exact) mass is 381 g/mol. The Kier molecular flexibility index (Phi) is 6.26. The minimum Gasteiger partial charge on any atom is -0.450 e. The first kappa shape index (κ1) is 19.4. The van der Waals surface area contributed by atoms with E-state index in [1.54, 1.807) is 53.1 Å². The third-order valence-electron chi connectivity index (χ3n) is 4.50. The Hall–Kier alpha value is -3.35. The first-order valence-electron chi connectivity index (χ1n) is 9.26. The molecule has 0 spiro atoms. The second kappa shape index (κ2) is 9.03. The van der Waals surface area contributed by atoms with Gasteiger partial charge in [0, 0.05) is 43.0 Å². The Morgan fingerprint density at radius 1 is 0.893 bits per heavy atom.